The Morgan fingerprint density at radius 3 is 1.50 bits per heavy atom. The summed E-state index contributed by atoms with van der Waals surface area (Å²) in [7, 11) is 0. The van der Waals surface area contributed by atoms with Gasteiger partial charge in [0.05, 0.1) is 16.7 Å². The van der Waals surface area contributed by atoms with Gasteiger partial charge in [0.1, 0.15) is 0 Å². The van der Waals surface area contributed by atoms with Crippen LogP contribution >= 0.6 is 0 Å². The number of rotatable bonds is 2. The first kappa shape index (κ1) is 25.6. The van der Waals surface area contributed by atoms with E-state index in [2.05, 4.69) is 170 Å². The summed E-state index contributed by atoms with van der Waals surface area (Å²) in [4.78, 5) is 0. The minimum atomic E-state index is -0.0910. The molecule has 0 unspecified atom stereocenters. The fraction of sp³-hybridized carbons (Fsp3) is 0.0667. The molecule has 1 aromatic heterocycles. The van der Waals surface area contributed by atoms with E-state index in [0.717, 1.165) is 0 Å². The van der Waals surface area contributed by atoms with Gasteiger partial charge in [-0.2, -0.15) is 0 Å². The smallest absolute Gasteiger partial charge is 0.0619 e. The summed E-state index contributed by atoms with van der Waals surface area (Å²) in [6.07, 6.45) is 0. The van der Waals surface area contributed by atoms with Gasteiger partial charge in [-0.15, -0.1) is 0 Å². The molecule has 10 rings (SSSR count). The van der Waals surface area contributed by atoms with E-state index < -0.39 is 0 Å². The molecule has 0 aliphatic heterocycles. The highest BCUT2D eigenvalue weighted by Gasteiger charge is 2.34. The van der Waals surface area contributed by atoms with E-state index in [0.29, 0.717) is 0 Å². The van der Waals surface area contributed by atoms with Crippen molar-refractivity contribution in [1.82, 2.24) is 4.57 Å². The van der Waals surface area contributed by atoms with Crippen LogP contribution in [0.15, 0.2) is 152 Å². The number of aromatic nitrogens is 1. The maximum absolute atomic E-state index is 2.50. The van der Waals surface area contributed by atoms with Gasteiger partial charge in [0.25, 0.3) is 0 Å². The van der Waals surface area contributed by atoms with Crippen LogP contribution in [0.2, 0.25) is 0 Å². The van der Waals surface area contributed by atoms with Crippen LogP contribution in [0.4, 0.5) is 0 Å². The average molecular weight is 586 g/mol. The first-order valence-electron chi connectivity index (χ1n) is 16.2. The van der Waals surface area contributed by atoms with Crippen LogP contribution in [0.3, 0.4) is 0 Å². The molecule has 216 valence electrons. The second-order valence-corrected chi connectivity index (χ2v) is 13.2. The molecule has 1 heterocycles. The van der Waals surface area contributed by atoms with Crippen molar-refractivity contribution in [2.75, 3.05) is 0 Å². The van der Waals surface area contributed by atoms with E-state index in [-0.39, 0.29) is 5.41 Å². The Morgan fingerprint density at radius 1 is 0.370 bits per heavy atom. The zero-order valence-corrected chi connectivity index (χ0v) is 25.9. The Kier molecular flexibility index (Phi) is 5.12. The standard InChI is InChI=1S/C45H31N/c1-45(2)38-22-10-7-14-28(38)34-26-27-35(31-21-13-23-39(45)43(31)34)42-32-17-3-5-19-36(32)44(37-20-6-4-18-33(37)42)46-40-24-11-8-15-29(40)30-16-9-12-25-41(30)46/h3-27H,1-2H3. The van der Waals surface area contributed by atoms with Gasteiger partial charge in [-0.1, -0.05) is 153 Å². The lowest BCUT2D eigenvalue weighted by atomic mass is 9.68. The van der Waals surface area contributed by atoms with Crippen molar-refractivity contribution in [2.24, 2.45) is 0 Å². The van der Waals surface area contributed by atoms with Crippen LogP contribution in [0.5, 0.6) is 0 Å². The number of nitrogens with zero attached hydrogens (tertiary/aromatic N) is 1. The van der Waals surface area contributed by atoms with Gasteiger partial charge in [0.15, 0.2) is 0 Å². The first-order valence-corrected chi connectivity index (χ1v) is 16.2. The monoisotopic (exact) mass is 585 g/mol. The van der Waals surface area contributed by atoms with Crippen molar-refractivity contribution in [3.63, 3.8) is 0 Å². The van der Waals surface area contributed by atoms with Crippen molar-refractivity contribution in [2.45, 2.75) is 19.3 Å². The number of hydrogen-bond donors (Lipinski definition) is 0. The predicted molar refractivity (Wildman–Crippen MR) is 196 cm³/mol. The highest BCUT2D eigenvalue weighted by Crippen LogP contribution is 2.52. The van der Waals surface area contributed by atoms with E-state index in [1.807, 2.05) is 0 Å². The van der Waals surface area contributed by atoms with Gasteiger partial charge in [0, 0.05) is 27.0 Å². The number of para-hydroxylation sites is 2. The molecule has 0 fully saturated rings. The first-order chi connectivity index (χ1) is 22.6. The molecule has 1 nitrogen and oxygen atoms in total. The molecule has 0 bridgehead atoms. The number of hydrogen-bond acceptors (Lipinski definition) is 0. The summed E-state index contributed by atoms with van der Waals surface area (Å²) in [5, 5.41) is 10.3. The lowest BCUT2D eigenvalue weighted by molar-refractivity contribution is 0.645. The van der Waals surface area contributed by atoms with Crippen LogP contribution in [0, 0.1) is 0 Å². The van der Waals surface area contributed by atoms with E-state index in [4.69, 9.17) is 0 Å². The lowest BCUT2D eigenvalue weighted by Gasteiger charge is -2.35. The third kappa shape index (κ3) is 3.25. The van der Waals surface area contributed by atoms with Gasteiger partial charge >= 0.3 is 0 Å². The molecular weight excluding hydrogens is 555 g/mol. The lowest BCUT2D eigenvalue weighted by Crippen LogP contribution is -2.23. The molecule has 0 saturated carbocycles. The molecule has 0 amide bonds. The highest BCUT2D eigenvalue weighted by molar-refractivity contribution is 6.24. The summed E-state index contributed by atoms with van der Waals surface area (Å²) in [6.45, 7) is 4.75. The van der Waals surface area contributed by atoms with E-state index in [1.54, 1.807) is 0 Å². The zero-order valence-electron chi connectivity index (χ0n) is 25.9. The molecule has 0 saturated heterocycles. The third-order valence-electron chi connectivity index (χ3n) is 10.6. The van der Waals surface area contributed by atoms with Gasteiger partial charge < -0.3 is 4.57 Å². The van der Waals surface area contributed by atoms with Gasteiger partial charge in [0.2, 0.25) is 0 Å². The Bertz CT molecular complexity index is 2610. The molecular formula is C45H31N. The SMILES string of the molecule is CC1(C)c2ccccc2-c2ccc(-c3c4ccccc4c(-n4c5ccccc5c5ccccc54)c4ccccc34)c3cccc1c23. The van der Waals surface area contributed by atoms with Gasteiger partial charge in [-0.25, -0.2) is 0 Å². The van der Waals surface area contributed by atoms with Crippen molar-refractivity contribution in [3.05, 3.63) is 163 Å². The van der Waals surface area contributed by atoms with Gasteiger partial charge in [-0.05, 0) is 67.1 Å². The van der Waals surface area contributed by atoms with Crippen molar-refractivity contribution in [3.8, 4) is 27.9 Å². The van der Waals surface area contributed by atoms with Gasteiger partial charge in [-0.3, -0.25) is 0 Å². The third-order valence-corrected chi connectivity index (χ3v) is 10.6. The molecule has 1 heteroatoms. The minimum absolute atomic E-state index is 0.0910. The maximum Gasteiger partial charge on any atom is 0.0619 e. The molecule has 1 aliphatic carbocycles. The van der Waals surface area contributed by atoms with Crippen LogP contribution in [-0.4, -0.2) is 4.57 Å². The maximum atomic E-state index is 2.50. The normalized spacial score (nSPS) is 13.6. The predicted octanol–water partition coefficient (Wildman–Crippen LogP) is 12.2. The van der Waals surface area contributed by atoms with E-state index >= 15 is 0 Å². The largest absolute Gasteiger partial charge is 0.308 e. The minimum Gasteiger partial charge on any atom is -0.308 e. The molecule has 0 N–H and O–H groups in total. The molecule has 1 aliphatic rings. The molecule has 9 aromatic rings. The summed E-state index contributed by atoms with van der Waals surface area (Å²) >= 11 is 0. The number of benzene rings is 8. The van der Waals surface area contributed by atoms with Crippen molar-refractivity contribution >= 4 is 54.1 Å². The van der Waals surface area contributed by atoms with Crippen LogP contribution < -0.4 is 0 Å². The zero-order chi connectivity index (χ0) is 30.6. The quantitative estimate of drug-likeness (QED) is 0.178. The van der Waals surface area contributed by atoms with Crippen LogP contribution in [0.25, 0.3) is 82.1 Å². The van der Waals surface area contributed by atoms with Crippen molar-refractivity contribution in [1.29, 1.82) is 0 Å². The fourth-order valence-electron chi connectivity index (χ4n) is 8.58. The van der Waals surface area contributed by atoms with Crippen LogP contribution in [0.1, 0.15) is 25.0 Å². The molecule has 0 atom stereocenters. The highest BCUT2D eigenvalue weighted by atomic mass is 15.0. The Hall–Kier alpha value is -5.66. The molecule has 0 spiro atoms. The Balaban J connectivity index is 1.37. The second kappa shape index (κ2) is 9.19. The molecule has 8 aromatic carbocycles. The van der Waals surface area contributed by atoms with Crippen LogP contribution in [-0.2, 0) is 5.41 Å². The Labute approximate surface area is 268 Å². The summed E-state index contributed by atoms with van der Waals surface area (Å²) in [5.41, 5.74) is 11.7. The average Bonchev–Trinajstić information content (AvgIpc) is 3.43. The Morgan fingerprint density at radius 2 is 0.848 bits per heavy atom. The molecule has 0 radical (unpaired) electrons. The second-order valence-electron chi connectivity index (χ2n) is 13.2. The van der Waals surface area contributed by atoms with Crippen molar-refractivity contribution < 1.29 is 0 Å². The summed E-state index contributed by atoms with van der Waals surface area (Å²) in [5.74, 6) is 0. The fourth-order valence-corrected chi connectivity index (χ4v) is 8.58. The van der Waals surface area contributed by atoms with E-state index in [1.165, 1.54) is 93.2 Å². The topological polar surface area (TPSA) is 4.93 Å². The summed E-state index contributed by atoms with van der Waals surface area (Å²) in [6, 6.07) is 56.3. The summed E-state index contributed by atoms with van der Waals surface area (Å²) < 4.78 is 2.50. The molecule has 46 heavy (non-hydrogen) atoms. The van der Waals surface area contributed by atoms with E-state index in [9.17, 15) is 0 Å². The number of fused-ring (bicyclic) bond motifs is 7.